The lowest BCUT2D eigenvalue weighted by atomic mass is 9.69. The molecule has 0 spiro atoms. The van der Waals surface area contributed by atoms with Gasteiger partial charge in [0.05, 0.1) is 13.7 Å². The number of esters is 1. The van der Waals surface area contributed by atoms with Crippen LogP contribution >= 0.6 is 11.3 Å². The van der Waals surface area contributed by atoms with Gasteiger partial charge in [0.15, 0.2) is 5.78 Å². The second kappa shape index (κ2) is 10.3. The minimum atomic E-state index is -1.01. The van der Waals surface area contributed by atoms with Gasteiger partial charge in [0.2, 0.25) is 5.91 Å². The summed E-state index contributed by atoms with van der Waals surface area (Å²) in [4.78, 5) is 43.4. The van der Waals surface area contributed by atoms with Gasteiger partial charge >= 0.3 is 5.97 Å². The van der Waals surface area contributed by atoms with Crippen LogP contribution in [0, 0.1) is 11.7 Å². The number of allylic oxidation sites excluding steroid dienone is 2. The third-order valence-electron chi connectivity index (χ3n) is 6.97. The van der Waals surface area contributed by atoms with Gasteiger partial charge in [0.25, 0.3) is 0 Å². The van der Waals surface area contributed by atoms with E-state index in [0.29, 0.717) is 29.1 Å². The monoisotopic (exact) mass is 519 g/mol. The molecule has 3 atom stereocenters. The average molecular weight is 520 g/mol. The molecule has 37 heavy (non-hydrogen) atoms. The summed E-state index contributed by atoms with van der Waals surface area (Å²) >= 11 is 1.46. The van der Waals surface area contributed by atoms with E-state index in [4.69, 9.17) is 9.47 Å². The van der Waals surface area contributed by atoms with E-state index < -0.39 is 29.5 Å². The van der Waals surface area contributed by atoms with E-state index in [2.05, 4.69) is 0 Å². The van der Waals surface area contributed by atoms with Crippen molar-refractivity contribution in [1.82, 2.24) is 0 Å². The molecule has 8 heteroatoms. The van der Waals surface area contributed by atoms with Crippen LogP contribution in [0.25, 0.3) is 0 Å². The van der Waals surface area contributed by atoms with Gasteiger partial charge in [-0.25, -0.2) is 4.39 Å². The summed E-state index contributed by atoms with van der Waals surface area (Å²) in [5, 5.41) is 1.90. The lowest BCUT2D eigenvalue weighted by Gasteiger charge is -2.42. The maximum atomic E-state index is 14.2. The Bertz CT molecular complexity index is 1350. The van der Waals surface area contributed by atoms with Gasteiger partial charge in [-0.3, -0.25) is 19.3 Å². The molecular weight excluding hydrogens is 493 g/mol. The molecule has 6 nitrogen and oxygen atoms in total. The van der Waals surface area contributed by atoms with Gasteiger partial charge in [-0.2, -0.15) is 0 Å². The first kappa shape index (κ1) is 24.9. The molecule has 1 aliphatic carbocycles. The number of methoxy groups -OCH3 is 1. The van der Waals surface area contributed by atoms with E-state index >= 15 is 0 Å². The molecule has 0 saturated carbocycles. The number of amides is 1. The zero-order valence-corrected chi connectivity index (χ0v) is 21.3. The summed E-state index contributed by atoms with van der Waals surface area (Å²) in [5.41, 5.74) is 2.25. The van der Waals surface area contributed by atoms with Crippen LogP contribution in [-0.2, 0) is 19.1 Å². The van der Waals surface area contributed by atoms with Crippen molar-refractivity contribution in [2.45, 2.75) is 31.6 Å². The second-order valence-corrected chi connectivity index (χ2v) is 10.00. The van der Waals surface area contributed by atoms with Crippen molar-refractivity contribution in [2.75, 3.05) is 18.6 Å². The van der Waals surface area contributed by atoms with Crippen LogP contribution in [0.2, 0.25) is 0 Å². The lowest BCUT2D eigenvalue weighted by Crippen LogP contribution is -2.46. The van der Waals surface area contributed by atoms with Gasteiger partial charge in [-0.15, -0.1) is 11.3 Å². The van der Waals surface area contributed by atoms with Gasteiger partial charge < -0.3 is 9.47 Å². The smallest absolute Gasteiger partial charge is 0.317 e. The molecule has 0 fully saturated rings. The Morgan fingerprint density at radius 2 is 1.78 bits per heavy atom. The lowest BCUT2D eigenvalue weighted by molar-refractivity contribution is -0.152. The van der Waals surface area contributed by atoms with Crippen molar-refractivity contribution < 1.29 is 28.2 Å². The largest absolute Gasteiger partial charge is 0.497 e. The molecule has 0 saturated heterocycles. The molecule has 5 rings (SSSR count). The summed E-state index contributed by atoms with van der Waals surface area (Å²) in [7, 11) is 1.57. The molecule has 2 heterocycles. The first-order valence-corrected chi connectivity index (χ1v) is 13.0. The number of hydrogen-bond acceptors (Lipinski definition) is 6. The molecule has 0 bridgehead atoms. The summed E-state index contributed by atoms with van der Waals surface area (Å²) in [5.74, 6) is -2.87. The maximum absolute atomic E-state index is 14.2. The molecule has 0 radical (unpaired) electrons. The van der Waals surface area contributed by atoms with E-state index in [1.54, 1.807) is 26.2 Å². The standard InChI is InChI=1S/C29H26FNO5S/c1-3-36-29(34)27-22(24-5-4-14-37-24)15-23-26(28(27)33)21(17-6-12-20(35-2)13-7-17)16-25(32)31(23)19-10-8-18(30)9-11-19/h4-14,21-22,27H,3,15-16H2,1-2H3/t21-,22-,27-/m1/s1. The van der Waals surface area contributed by atoms with Crippen molar-refractivity contribution in [3.63, 3.8) is 0 Å². The van der Waals surface area contributed by atoms with Crippen LogP contribution in [0.1, 0.15) is 42.0 Å². The quantitative estimate of drug-likeness (QED) is 0.313. The number of hydrogen-bond donors (Lipinski definition) is 0. The van der Waals surface area contributed by atoms with E-state index in [-0.39, 0.29) is 24.7 Å². The van der Waals surface area contributed by atoms with Gasteiger partial charge in [0.1, 0.15) is 17.5 Å². The minimum Gasteiger partial charge on any atom is -0.497 e. The van der Waals surface area contributed by atoms with E-state index in [0.717, 1.165) is 10.4 Å². The van der Waals surface area contributed by atoms with Crippen molar-refractivity contribution in [3.05, 3.63) is 93.6 Å². The Hall–Kier alpha value is -3.78. The number of carbonyl (C=O) groups is 3. The van der Waals surface area contributed by atoms with Crippen LogP contribution in [0.4, 0.5) is 10.1 Å². The number of thiophene rings is 1. The Kier molecular flexibility index (Phi) is 6.93. The minimum absolute atomic E-state index is 0.0352. The molecule has 3 aromatic rings. The van der Waals surface area contributed by atoms with E-state index in [1.165, 1.54) is 40.5 Å². The number of Topliss-reactive ketones (excluding diaryl/α,β-unsaturated/α-hetero) is 1. The normalized spacial score (nSPS) is 21.6. The number of carbonyl (C=O) groups excluding carboxylic acids is 3. The molecule has 190 valence electrons. The first-order valence-electron chi connectivity index (χ1n) is 12.1. The molecule has 1 aliphatic heterocycles. The molecule has 2 aliphatic rings. The number of halogens is 1. The highest BCUT2D eigenvalue weighted by atomic mass is 32.1. The number of ketones is 1. The van der Waals surface area contributed by atoms with Crippen LogP contribution in [-0.4, -0.2) is 31.4 Å². The van der Waals surface area contributed by atoms with Crippen LogP contribution in [0.5, 0.6) is 5.75 Å². The fraction of sp³-hybridized carbons (Fsp3) is 0.276. The molecule has 1 amide bonds. The molecule has 1 aromatic heterocycles. The zero-order valence-electron chi connectivity index (χ0n) is 20.5. The van der Waals surface area contributed by atoms with Gasteiger partial charge in [-0.1, -0.05) is 18.2 Å². The highest BCUT2D eigenvalue weighted by Crippen LogP contribution is 2.50. The van der Waals surface area contributed by atoms with Crippen molar-refractivity contribution in [3.8, 4) is 5.75 Å². The van der Waals surface area contributed by atoms with E-state index in [1.807, 2.05) is 29.6 Å². The highest BCUT2D eigenvalue weighted by Gasteiger charge is 2.50. The third-order valence-corrected chi connectivity index (χ3v) is 7.98. The fourth-order valence-corrected chi connectivity index (χ4v) is 6.18. The second-order valence-electron chi connectivity index (χ2n) is 9.02. The number of rotatable bonds is 6. The Morgan fingerprint density at radius 3 is 2.41 bits per heavy atom. The average Bonchev–Trinajstić information content (AvgIpc) is 3.44. The fourth-order valence-electron chi connectivity index (χ4n) is 5.31. The predicted octanol–water partition coefficient (Wildman–Crippen LogP) is 5.61. The number of anilines is 1. The Balaban J connectivity index is 1.70. The van der Waals surface area contributed by atoms with Crippen molar-refractivity contribution >= 4 is 34.7 Å². The summed E-state index contributed by atoms with van der Waals surface area (Å²) in [6.07, 6.45) is 0.328. The van der Waals surface area contributed by atoms with Crippen LogP contribution in [0.15, 0.2) is 77.3 Å². The van der Waals surface area contributed by atoms with Gasteiger partial charge in [0, 0.05) is 40.1 Å². The molecule has 2 aromatic carbocycles. The number of benzene rings is 2. The maximum Gasteiger partial charge on any atom is 0.317 e. The van der Waals surface area contributed by atoms with Crippen LogP contribution in [0.3, 0.4) is 0 Å². The Morgan fingerprint density at radius 1 is 1.05 bits per heavy atom. The summed E-state index contributed by atoms with van der Waals surface area (Å²) in [6, 6.07) is 16.7. The predicted molar refractivity (Wildman–Crippen MR) is 138 cm³/mol. The SMILES string of the molecule is CCOC(=O)[C@H]1C(=O)C2=C(C[C@@H]1c1cccs1)N(c1ccc(F)cc1)C(=O)C[C@@H]2c1ccc(OC)cc1. The topological polar surface area (TPSA) is 72.9 Å². The summed E-state index contributed by atoms with van der Waals surface area (Å²) in [6.45, 7) is 1.87. The van der Waals surface area contributed by atoms with Crippen molar-refractivity contribution in [1.29, 1.82) is 0 Å². The number of ether oxygens (including phenoxy) is 2. The zero-order chi connectivity index (χ0) is 26.1. The highest BCUT2D eigenvalue weighted by molar-refractivity contribution is 7.10. The van der Waals surface area contributed by atoms with Crippen molar-refractivity contribution in [2.24, 2.45) is 5.92 Å². The van der Waals surface area contributed by atoms with Crippen LogP contribution < -0.4 is 9.64 Å². The van der Waals surface area contributed by atoms with E-state index in [9.17, 15) is 18.8 Å². The summed E-state index contributed by atoms with van der Waals surface area (Å²) < 4.78 is 24.4. The third kappa shape index (κ3) is 4.57. The molecule has 0 unspecified atom stereocenters. The molecular formula is C29H26FNO5S. The first-order chi connectivity index (χ1) is 17.9. The number of nitrogens with zero attached hydrogens (tertiary/aromatic N) is 1. The molecule has 0 N–H and O–H groups in total. The van der Waals surface area contributed by atoms with Gasteiger partial charge in [-0.05, 0) is 66.8 Å². The Labute approximate surface area is 218 Å².